The molecule has 3 rings (SSSR count). The van der Waals surface area contributed by atoms with Crippen LogP contribution in [0.4, 0.5) is 10.5 Å². The van der Waals surface area contributed by atoms with Crippen molar-refractivity contribution in [3.63, 3.8) is 0 Å². The van der Waals surface area contributed by atoms with Gasteiger partial charge in [0.05, 0.1) is 12.3 Å². The maximum Gasteiger partial charge on any atom is 0.335 e. The van der Waals surface area contributed by atoms with Gasteiger partial charge < -0.3 is 9.84 Å². The fraction of sp³-hybridized carbons (Fsp3) is 0.190. The van der Waals surface area contributed by atoms with E-state index in [-0.39, 0.29) is 11.3 Å². The number of phenolic OH excluding ortho intramolecular Hbond substituents is 1. The van der Waals surface area contributed by atoms with Crippen LogP contribution in [0.1, 0.15) is 23.6 Å². The first-order valence-electron chi connectivity index (χ1n) is 8.76. The summed E-state index contributed by atoms with van der Waals surface area (Å²) in [7, 11) is 0. The summed E-state index contributed by atoms with van der Waals surface area (Å²) >= 11 is 0. The highest BCUT2D eigenvalue weighted by Gasteiger charge is 2.36. The summed E-state index contributed by atoms with van der Waals surface area (Å²) in [5, 5.41) is 12.1. The molecule has 1 aliphatic rings. The number of phenols is 1. The average molecular weight is 380 g/mol. The topological polar surface area (TPSA) is 95.9 Å². The average Bonchev–Trinajstić information content (AvgIpc) is 2.64. The molecule has 28 heavy (non-hydrogen) atoms. The van der Waals surface area contributed by atoms with Crippen molar-refractivity contribution in [3.8, 4) is 11.5 Å². The third-order valence-corrected chi connectivity index (χ3v) is 4.33. The number of aromatic hydroxyl groups is 1. The molecule has 1 heterocycles. The van der Waals surface area contributed by atoms with Crippen LogP contribution in [0, 0.1) is 13.8 Å². The van der Waals surface area contributed by atoms with Crippen molar-refractivity contribution < 1.29 is 24.2 Å². The number of aryl methyl sites for hydroxylation is 2. The number of nitrogens with one attached hydrogen (secondary N) is 1. The lowest BCUT2D eigenvalue weighted by atomic mass is 10.0. The molecule has 2 aromatic carbocycles. The molecule has 0 bridgehead atoms. The third-order valence-electron chi connectivity index (χ3n) is 4.33. The van der Waals surface area contributed by atoms with E-state index in [0.717, 1.165) is 4.90 Å². The number of urea groups is 1. The number of hydrogen-bond acceptors (Lipinski definition) is 5. The third kappa shape index (κ3) is 3.59. The van der Waals surface area contributed by atoms with E-state index in [4.69, 9.17) is 4.74 Å². The molecule has 144 valence electrons. The molecule has 0 saturated carbocycles. The highest BCUT2D eigenvalue weighted by Crippen LogP contribution is 2.27. The second-order valence-electron chi connectivity index (χ2n) is 6.39. The Balaban J connectivity index is 1.98. The maximum absolute atomic E-state index is 12.9. The number of nitrogens with zero attached hydrogens (tertiary/aromatic N) is 1. The van der Waals surface area contributed by atoms with Gasteiger partial charge in [0.15, 0.2) is 0 Å². The Bertz CT molecular complexity index is 969. The maximum atomic E-state index is 12.9. The van der Waals surface area contributed by atoms with Gasteiger partial charge in [-0.15, -0.1) is 0 Å². The van der Waals surface area contributed by atoms with Crippen molar-refractivity contribution in [2.45, 2.75) is 20.8 Å². The van der Waals surface area contributed by atoms with Gasteiger partial charge in [0.1, 0.15) is 17.1 Å². The van der Waals surface area contributed by atoms with Gasteiger partial charge in [-0.25, -0.2) is 9.69 Å². The van der Waals surface area contributed by atoms with Gasteiger partial charge in [-0.05, 0) is 79.9 Å². The SMILES string of the molecule is CCOc1ccc(N2C(=O)NC(=O)C(=Cc3cc(C)c(O)c(C)c3)C2=O)cc1. The summed E-state index contributed by atoms with van der Waals surface area (Å²) in [6, 6.07) is 8.95. The van der Waals surface area contributed by atoms with Crippen LogP contribution < -0.4 is 15.0 Å². The van der Waals surface area contributed by atoms with Crippen molar-refractivity contribution in [1.29, 1.82) is 0 Å². The minimum Gasteiger partial charge on any atom is -0.507 e. The summed E-state index contributed by atoms with van der Waals surface area (Å²) < 4.78 is 5.36. The lowest BCUT2D eigenvalue weighted by Gasteiger charge is -2.26. The van der Waals surface area contributed by atoms with Crippen LogP contribution in [0.5, 0.6) is 11.5 Å². The highest BCUT2D eigenvalue weighted by atomic mass is 16.5. The number of carbonyl (C=O) groups excluding carboxylic acids is 3. The van der Waals surface area contributed by atoms with E-state index in [9.17, 15) is 19.5 Å². The van der Waals surface area contributed by atoms with E-state index in [1.54, 1.807) is 50.2 Å². The molecule has 7 nitrogen and oxygen atoms in total. The molecule has 2 aromatic rings. The van der Waals surface area contributed by atoms with E-state index in [1.807, 2.05) is 6.92 Å². The smallest absolute Gasteiger partial charge is 0.335 e. The number of barbiturate groups is 1. The number of anilines is 1. The molecule has 2 N–H and O–H groups in total. The number of imide groups is 2. The van der Waals surface area contributed by atoms with E-state index in [1.165, 1.54) is 6.08 Å². The quantitative estimate of drug-likeness (QED) is 0.628. The fourth-order valence-electron chi connectivity index (χ4n) is 2.99. The van der Waals surface area contributed by atoms with E-state index in [2.05, 4.69) is 5.32 Å². The normalized spacial score (nSPS) is 15.8. The lowest BCUT2D eigenvalue weighted by Crippen LogP contribution is -2.54. The Hall–Kier alpha value is -3.61. The number of amides is 4. The van der Waals surface area contributed by atoms with Gasteiger partial charge >= 0.3 is 6.03 Å². The van der Waals surface area contributed by atoms with Crippen LogP contribution in [0.15, 0.2) is 42.0 Å². The molecule has 0 spiro atoms. The minimum absolute atomic E-state index is 0.160. The molecule has 4 amide bonds. The van der Waals surface area contributed by atoms with Crippen molar-refractivity contribution in [2.24, 2.45) is 0 Å². The summed E-state index contributed by atoms with van der Waals surface area (Å²) in [5.41, 5.74) is 1.97. The first kappa shape index (κ1) is 19.2. The second-order valence-corrected chi connectivity index (χ2v) is 6.39. The Morgan fingerprint density at radius 3 is 2.25 bits per heavy atom. The van der Waals surface area contributed by atoms with E-state index >= 15 is 0 Å². The van der Waals surface area contributed by atoms with Crippen LogP contribution in [-0.4, -0.2) is 29.6 Å². The zero-order valence-electron chi connectivity index (χ0n) is 15.8. The molecular formula is C21H20N2O5. The summed E-state index contributed by atoms with van der Waals surface area (Å²) in [4.78, 5) is 38.3. The van der Waals surface area contributed by atoms with Crippen molar-refractivity contribution in [3.05, 3.63) is 58.7 Å². The first-order chi connectivity index (χ1) is 13.3. The van der Waals surface area contributed by atoms with Crippen LogP contribution in [-0.2, 0) is 9.59 Å². The summed E-state index contributed by atoms with van der Waals surface area (Å²) in [5.74, 6) is -0.715. The van der Waals surface area contributed by atoms with Crippen molar-refractivity contribution in [1.82, 2.24) is 5.32 Å². The van der Waals surface area contributed by atoms with E-state index in [0.29, 0.717) is 34.7 Å². The minimum atomic E-state index is -0.811. The summed E-state index contributed by atoms with van der Waals surface area (Å²) in [6.07, 6.45) is 1.41. The van der Waals surface area contributed by atoms with Gasteiger partial charge in [-0.3, -0.25) is 14.9 Å². The number of carbonyl (C=O) groups is 3. The van der Waals surface area contributed by atoms with Gasteiger partial charge in [0.2, 0.25) is 0 Å². The summed E-state index contributed by atoms with van der Waals surface area (Å²) in [6.45, 7) is 5.80. The Morgan fingerprint density at radius 2 is 1.68 bits per heavy atom. The molecule has 1 fully saturated rings. The number of benzene rings is 2. The zero-order chi connectivity index (χ0) is 20.4. The van der Waals surface area contributed by atoms with E-state index < -0.39 is 17.8 Å². The molecular weight excluding hydrogens is 360 g/mol. The van der Waals surface area contributed by atoms with Crippen LogP contribution >= 0.6 is 0 Å². The van der Waals surface area contributed by atoms with Gasteiger partial charge in [0.25, 0.3) is 11.8 Å². The zero-order valence-corrected chi connectivity index (χ0v) is 15.8. The van der Waals surface area contributed by atoms with Gasteiger partial charge in [-0.2, -0.15) is 0 Å². The molecule has 0 atom stereocenters. The van der Waals surface area contributed by atoms with Gasteiger partial charge in [0, 0.05) is 0 Å². The molecule has 1 saturated heterocycles. The predicted molar refractivity (Wildman–Crippen MR) is 104 cm³/mol. The molecule has 7 heteroatoms. The monoisotopic (exact) mass is 380 g/mol. The Kier molecular flexibility index (Phi) is 5.17. The largest absolute Gasteiger partial charge is 0.507 e. The molecule has 0 radical (unpaired) electrons. The second kappa shape index (κ2) is 7.56. The Morgan fingerprint density at radius 1 is 1.07 bits per heavy atom. The standard InChI is InChI=1S/C21H20N2O5/c1-4-28-16-7-5-15(6-8-16)23-20(26)17(19(25)22-21(23)27)11-14-9-12(2)18(24)13(3)10-14/h5-11,24H,4H2,1-3H3,(H,22,25,27). The number of ether oxygens (including phenoxy) is 1. The van der Waals surface area contributed by atoms with Gasteiger partial charge in [-0.1, -0.05) is 0 Å². The molecule has 0 aromatic heterocycles. The molecule has 1 aliphatic heterocycles. The predicted octanol–water partition coefficient (Wildman–Crippen LogP) is 3.07. The van der Waals surface area contributed by atoms with Crippen molar-refractivity contribution in [2.75, 3.05) is 11.5 Å². The number of hydrogen-bond donors (Lipinski definition) is 2. The fourth-order valence-corrected chi connectivity index (χ4v) is 2.99. The highest BCUT2D eigenvalue weighted by molar-refractivity contribution is 6.39. The Labute approximate surface area is 162 Å². The van der Waals surface area contributed by atoms with Crippen LogP contribution in [0.25, 0.3) is 6.08 Å². The van der Waals surface area contributed by atoms with Crippen LogP contribution in [0.3, 0.4) is 0 Å². The number of rotatable bonds is 4. The van der Waals surface area contributed by atoms with Crippen LogP contribution in [0.2, 0.25) is 0 Å². The first-order valence-corrected chi connectivity index (χ1v) is 8.76. The molecule has 0 unspecified atom stereocenters. The lowest BCUT2D eigenvalue weighted by molar-refractivity contribution is -0.122. The molecule has 0 aliphatic carbocycles. The van der Waals surface area contributed by atoms with Crippen molar-refractivity contribution >= 4 is 29.6 Å².